The fourth-order valence-electron chi connectivity index (χ4n) is 5.60. The SMILES string of the molecule is O=C(O)CC1(NC(=O)[C@@H]2CC=C[C@@H](NC(=O)OCC3c4ccccc4-c4ccccc43)C2)CCC1. The van der Waals surface area contributed by atoms with E-state index in [1.807, 2.05) is 36.4 Å². The van der Waals surface area contributed by atoms with Gasteiger partial charge in [0, 0.05) is 11.8 Å². The lowest BCUT2D eigenvalue weighted by atomic mass is 9.73. The second-order valence-electron chi connectivity index (χ2n) is 9.87. The monoisotopic (exact) mass is 474 g/mol. The number of allylic oxidation sites excluding steroid dienone is 1. The van der Waals surface area contributed by atoms with Crippen LogP contribution in [0.1, 0.15) is 55.6 Å². The van der Waals surface area contributed by atoms with Gasteiger partial charge in [-0.1, -0.05) is 60.7 Å². The first-order chi connectivity index (χ1) is 16.9. The van der Waals surface area contributed by atoms with Crippen LogP contribution in [0.5, 0.6) is 0 Å². The maximum absolute atomic E-state index is 12.9. The van der Waals surface area contributed by atoms with E-state index >= 15 is 0 Å². The summed E-state index contributed by atoms with van der Waals surface area (Å²) in [4.78, 5) is 36.7. The van der Waals surface area contributed by atoms with Gasteiger partial charge in [0.1, 0.15) is 6.61 Å². The van der Waals surface area contributed by atoms with Crippen molar-refractivity contribution in [3.63, 3.8) is 0 Å². The molecule has 0 bridgehead atoms. The number of fused-ring (bicyclic) bond motifs is 3. The van der Waals surface area contributed by atoms with Gasteiger partial charge in [0.25, 0.3) is 0 Å². The van der Waals surface area contributed by atoms with Crippen LogP contribution in [-0.2, 0) is 14.3 Å². The standard InChI is InChI=1S/C28H30N2O5/c31-25(32)16-28(13-6-14-28)30-26(33)18-7-5-8-19(15-18)29-27(34)35-17-24-22-11-3-1-9-20(22)21-10-2-4-12-23(21)24/h1-5,8-12,18-19,24H,6-7,13-17H2,(H,29,34)(H,30,33)(H,31,32)/t18-,19-/m1/s1. The molecule has 7 heteroatoms. The first-order valence-electron chi connectivity index (χ1n) is 12.3. The summed E-state index contributed by atoms with van der Waals surface area (Å²) < 4.78 is 5.64. The van der Waals surface area contributed by atoms with Gasteiger partial charge < -0.3 is 20.5 Å². The number of amides is 2. The van der Waals surface area contributed by atoms with Crippen LogP contribution in [0.3, 0.4) is 0 Å². The maximum Gasteiger partial charge on any atom is 0.407 e. The largest absolute Gasteiger partial charge is 0.481 e. The van der Waals surface area contributed by atoms with Crippen LogP contribution in [0.25, 0.3) is 11.1 Å². The Hall–Kier alpha value is -3.61. The molecule has 0 radical (unpaired) electrons. The molecule has 0 aliphatic heterocycles. The highest BCUT2D eigenvalue weighted by atomic mass is 16.5. The normalized spacial score (nSPS) is 21.8. The van der Waals surface area contributed by atoms with Gasteiger partial charge in [0.15, 0.2) is 0 Å². The van der Waals surface area contributed by atoms with E-state index in [9.17, 15) is 19.5 Å². The van der Waals surface area contributed by atoms with Crippen LogP contribution < -0.4 is 10.6 Å². The summed E-state index contributed by atoms with van der Waals surface area (Å²) in [5.74, 6) is -1.37. The first-order valence-corrected chi connectivity index (χ1v) is 12.3. The Bertz CT molecular complexity index is 1120. The minimum atomic E-state index is -0.900. The summed E-state index contributed by atoms with van der Waals surface area (Å²) in [6, 6.07) is 16.1. The van der Waals surface area contributed by atoms with E-state index in [0.717, 1.165) is 17.5 Å². The highest BCUT2D eigenvalue weighted by Gasteiger charge is 2.41. The van der Waals surface area contributed by atoms with Crippen LogP contribution in [0, 0.1) is 5.92 Å². The van der Waals surface area contributed by atoms with E-state index in [2.05, 4.69) is 34.9 Å². The number of carboxylic acid groups (broad SMARTS) is 1. The van der Waals surface area contributed by atoms with Crippen molar-refractivity contribution >= 4 is 18.0 Å². The molecule has 1 saturated carbocycles. The van der Waals surface area contributed by atoms with Crippen LogP contribution in [0.2, 0.25) is 0 Å². The number of ether oxygens (including phenoxy) is 1. The lowest BCUT2D eigenvalue weighted by Crippen LogP contribution is -2.56. The number of hydrogen-bond acceptors (Lipinski definition) is 4. The van der Waals surface area contributed by atoms with Crippen molar-refractivity contribution < 1.29 is 24.2 Å². The van der Waals surface area contributed by atoms with E-state index in [0.29, 0.717) is 25.7 Å². The third kappa shape index (κ3) is 4.81. The Morgan fingerprint density at radius 3 is 2.26 bits per heavy atom. The van der Waals surface area contributed by atoms with Gasteiger partial charge in [-0.25, -0.2) is 4.79 Å². The van der Waals surface area contributed by atoms with E-state index < -0.39 is 17.6 Å². The van der Waals surface area contributed by atoms with E-state index in [1.165, 1.54) is 11.1 Å². The molecule has 0 unspecified atom stereocenters. The van der Waals surface area contributed by atoms with Gasteiger partial charge in [-0.05, 0) is 54.4 Å². The van der Waals surface area contributed by atoms with Crippen LogP contribution >= 0.6 is 0 Å². The topological polar surface area (TPSA) is 105 Å². The maximum atomic E-state index is 12.9. The minimum absolute atomic E-state index is 0.0125. The average Bonchev–Trinajstić information content (AvgIpc) is 3.15. The van der Waals surface area contributed by atoms with E-state index in [4.69, 9.17) is 4.74 Å². The van der Waals surface area contributed by atoms with Crippen molar-refractivity contribution in [2.45, 2.75) is 56.0 Å². The van der Waals surface area contributed by atoms with Crippen molar-refractivity contribution in [3.05, 3.63) is 71.8 Å². The van der Waals surface area contributed by atoms with Crippen LogP contribution in [0.4, 0.5) is 4.79 Å². The summed E-state index contributed by atoms with van der Waals surface area (Å²) in [7, 11) is 0. The Kier molecular flexibility index (Phi) is 6.32. The number of alkyl carbamates (subject to hydrolysis) is 1. The second kappa shape index (κ2) is 9.56. The zero-order valence-corrected chi connectivity index (χ0v) is 19.5. The van der Waals surface area contributed by atoms with Crippen molar-refractivity contribution in [1.29, 1.82) is 0 Å². The van der Waals surface area contributed by atoms with Gasteiger partial charge >= 0.3 is 12.1 Å². The Balaban J connectivity index is 1.16. The predicted molar refractivity (Wildman–Crippen MR) is 131 cm³/mol. The number of nitrogens with one attached hydrogen (secondary N) is 2. The third-order valence-electron chi connectivity index (χ3n) is 7.53. The molecule has 2 amide bonds. The summed E-state index contributed by atoms with van der Waals surface area (Å²) in [6.45, 7) is 0.234. The number of hydrogen-bond donors (Lipinski definition) is 3. The molecule has 0 spiro atoms. The van der Waals surface area contributed by atoms with Crippen LogP contribution in [-0.4, -0.2) is 41.3 Å². The van der Waals surface area contributed by atoms with E-state index in [-0.39, 0.29) is 36.8 Å². The molecule has 2 aromatic rings. The molecule has 7 nitrogen and oxygen atoms in total. The third-order valence-corrected chi connectivity index (χ3v) is 7.53. The molecule has 0 saturated heterocycles. The number of benzene rings is 2. The fourth-order valence-corrected chi connectivity index (χ4v) is 5.60. The van der Waals surface area contributed by atoms with Gasteiger partial charge in [0.2, 0.25) is 5.91 Å². The molecule has 2 aromatic carbocycles. The van der Waals surface area contributed by atoms with Gasteiger partial charge in [0.05, 0.1) is 18.0 Å². The van der Waals surface area contributed by atoms with Crippen molar-refractivity contribution in [2.75, 3.05) is 6.61 Å². The molecule has 182 valence electrons. The molecule has 3 N–H and O–H groups in total. The summed E-state index contributed by atoms with van der Waals surface area (Å²) >= 11 is 0. The molecule has 1 fully saturated rings. The molecule has 3 aliphatic rings. The average molecular weight is 475 g/mol. The minimum Gasteiger partial charge on any atom is -0.481 e. The molecule has 0 aromatic heterocycles. The van der Waals surface area contributed by atoms with Gasteiger partial charge in [-0.3, -0.25) is 9.59 Å². The number of aliphatic carboxylic acids is 1. The second-order valence-corrected chi connectivity index (χ2v) is 9.87. The lowest BCUT2D eigenvalue weighted by Gasteiger charge is -2.42. The molecule has 5 rings (SSSR count). The molecule has 2 atom stereocenters. The number of carboxylic acids is 1. The Morgan fingerprint density at radius 1 is 1.00 bits per heavy atom. The van der Waals surface area contributed by atoms with Crippen molar-refractivity contribution in [2.24, 2.45) is 5.92 Å². The lowest BCUT2D eigenvalue weighted by molar-refractivity contribution is -0.141. The van der Waals surface area contributed by atoms with Gasteiger partial charge in [-0.15, -0.1) is 0 Å². The number of carbonyl (C=O) groups is 3. The van der Waals surface area contributed by atoms with E-state index in [1.54, 1.807) is 0 Å². The van der Waals surface area contributed by atoms with Crippen LogP contribution in [0.15, 0.2) is 60.7 Å². The molecule has 3 aliphatic carbocycles. The number of rotatable bonds is 7. The number of carbonyl (C=O) groups excluding carboxylic acids is 2. The smallest absolute Gasteiger partial charge is 0.407 e. The molecular weight excluding hydrogens is 444 g/mol. The predicted octanol–water partition coefficient (Wildman–Crippen LogP) is 4.37. The fraction of sp³-hybridized carbons (Fsp3) is 0.393. The Morgan fingerprint density at radius 2 is 1.66 bits per heavy atom. The van der Waals surface area contributed by atoms with Crippen molar-refractivity contribution in [1.82, 2.24) is 10.6 Å². The first kappa shape index (κ1) is 23.1. The quantitative estimate of drug-likeness (QED) is 0.517. The molecular formula is C28H30N2O5. The zero-order chi connectivity index (χ0) is 24.4. The highest BCUT2D eigenvalue weighted by Crippen LogP contribution is 2.44. The highest BCUT2D eigenvalue weighted by molar-refractivity contribution is 5.82. The summed E-state index contributed by atoms with van der Waals surface area (Å²) in [6.07, 6.45) is 6.54. The van der Waals surface area contributed by atoms with Gasteiger partial charge in [-0.2, -0.15) is 0 Å². The zero-order valence-electron chi connectivity index (χ0n) is 19.5. The molecule has 0 heterocycles. The molecule has 35 heavy (non-hydrogen) atoms. The Labute approximate surface area is 204 Å². The summed E-state index contributed by atoms with van der Waals surface area (Å²) in [5, 5.41) is 15.1. The summed E-state index contributed by atoms with van der Waals surface area (Å²) in [5.41, 5.74) is 4.03. The van der Waals surface area contributed by atoms with Crippen molar-refractivity contribution in [3.8, 4) is 11.1 Å².